The predicted octanol–water partition coefficient (Wildman–Crippen LogP) is 4.66. The molecule has 3 rings (SSSR count). The standard InChI is InChI=1S/C21H17F3N2O3/c1-13-7-9-14(10-8-13)18(27)19(26-20(28)17-6-3-11-29-17)25-16-5-2-4-15(12-16)21(22,23)24/h2-12,19,25H,1H3,(H,26,28)/t19-/m1/s1. The van der Waals surface area contributed by atoms with Crippen LogP contribution >= 0.6 is 0 Å². The molecule has 0 saturated carbocycles. The summed E-state index contributed by atoms with van der Waals surface area (Å²) in [4.78, 5) is 25.3. The van der Waals surface area contributed by atoms with Crippen molar-refractivity contribution in [1.82, 2.24) is 5.32 Å². The normalized spacial score (nSPS) is 12.3. The van der Waals surface area contributed by atoms with Gasteiger partial charge in [0.25, 0.3) is 5.91 Å². The molecule has 1 amide bonds. The first kappa shape index (κ1) is 20.2. The lowest BCUT2D eigenvalue weighted by Gasteiger charge is -2.20. The lowest BCUT2D eigenvalue weighted by atomic mass is 10.1. The number of hydrogen-bond acceptors (Lipinski definition) is 4. The summed E-state index contributed by atoms with van der Waals surface area (Å²) >= 11 is 0. The molecular formula is C21H17F3N2O3. The first-order chi connectivity index (χ1) is 13.7. The molecule has 2 aromatic carbocycles. The molecule has 0 aliphatic heterocycles. The van der Waals surface area contributed by atoms with Gasteiger partial charge in [0.05, 0.1) is 11.8 Å². The molecule has 0 radical (unpaired) electrons. The fourth-order valence-corrected chi connectivity index (χ4v) is 2.61. The Bertz CT molecular complexity index is 997. The Balaban J connectivity index is 1.89. The van der Waals surface area contributed by atoms with E-state index in [-0.39, 0.29) is 11.4 Å². The zero-order valence-electron chi connectivity index (χ0n) is 15.3. The number of benzene rings is 2. The SMILES string of the molecule is Cc1ccc(C(=O)[C@@H](NC(=O)c2ccco2)Nc2cccc(C(F)(F)F)c2)cc1. The molecule has 3 aromatic rings. The van der Waals surface area contributed by atoms with Crippen molar-refractivity contribution in [2.24, 2.45) is 0 Å². The molecule has 1 atom stereocenters. The Labute approximate surface area is 164 Å². The number of Topliss-reactive ketones (excluding diaryl/α,β-unsaturated/α-hetero) is 1. The first-order valence-electron chi connectivity index (χ1n) is 8.63. The first-order valence-corrected chi connectivity index (χ1v) is 8.63. The Morgan fingerprint density at radius 1 is 1.00 bits per heavy atom. The van der Waals surface area contributed by atoms with Gasteiger partial charge < -0.3 is 15.1 Å². The van der Waals surface area contributed by atoms with Gasteiger partial charge in [0, 0.05) is 11.3 Å². The van der Waals surface area contributed by atoms with Crippen molar-refractivity contribution < 1.29 is 27.2 Å². The van der Waals surface area contributed by atoms with Crippen molar-refractivity contribution in [3.8, 4) is 0 Å². The molecule has 0 aliphatic carbocycles. The van der Waals surface area contributed by atoms with Gasteiger partial charge in [0.2, 0.25) is 5.78 Å². The molecule has 8 heteroatoms. The van der Waals surface area contributed by atoms with Crippen LogP contribution in [0.15, 0.2) is 71.3 Å². The molecule has 1 aromatic heterocycles. The summed E-state index contributed by atoms with van der Waals surface area (Å²) in [7, 11) is 0. The van der Waals surface area contributed by atoms with E-state index in [1.54, 1.807) is 24.3 Å². The maximum Gasteiger partial charge on any atom is 0.416 e. The van der Waals surface area contributed by atoms with Gasteiger partial charge in [-0.1, -0.05) is 35.9 Å². The molecular weight excluding hydrogens is 385 g/mol. The van der Waals surface area contributed by atoms with Crippen LogP contribution in [0, 0.1) is 6.92 Å². The molecule has 0 unspecified atom stereocenters. The average molecular weight is 402 g/mol. The lowest BCUT2D eigenvalue weighted by molar-refractivity contribution is -0.137. The van der Waals surface area contributed by atoms with Crippen LogP contribution in [0.2, 0.25) is 0 Å². The summed E-state index contributed by atoms with van der Waals surface area (Å²) in [5, 5.41) is 5.14. The van der Waals surface area contributed by atoms with Gasteiger partial charge in [-0.05, 0) is 37.3 Å². The van der Waals surface area contributed by atoms with Gasteiger partial charge in [-0.2, -0.15) is 13.2 Å². The zero-order valence-corrected chi connectivity index (χ0v) is 15.3. The van der Waals surface area contributed by atoms with Crippen LogP contribution < -0.4 is 10.6 Å². The van der Waals surface area contributed by atoms with Gasteiger partial charge in [-0.25, -0.2) is 0 Å². The van der Waals surface area contributed by atoms with Gasteiger partial charge in [0.15, 0.2) is 11.9 Å². The van der Waals surface area contributed by atoms with Gasteiger partial charge in [-0.3, -0.25) is 9.59 Å². The van der Waals surface area contributed by atoms with E-state index in [0.717, 1.165) is 17.7 Å². The highest BCUT2D eigenvalue weighted by Crippen LogP contribution is 2.30. The van der Waals surface area contributed by atoms with E-state index in [1.165, 1.54) is 30.5 Å². The maximum atomic E-state index is 13.0. The molecule has 29 heavy (non-hydrogen) atoms. The molecule has 2 N–H and O–H groups in total. The maximum absolute atomic E-state index is 13.0. The minimum Gasteiger partial charge on any atom is -0.459 e. The fourth-order valence-electron chi connectivity index (χ4n) is 2.61. The van der Waals surface area contributed by atoms with E-state index in [0.29, 0.717) is 5.56 Å². The monoisotopic (exact) mass is 402 g/mol. The van der Waals surface area contributed by atoms with Crippen molar-refractivity contribution in [2.75, 3.05) is 5.32 Å². The van der Waals surface area contributed by atoms with Crippen LogP contribution in [0.5, 0.6) is 0 Å². The van der Waals surface area contributed by atoms with Crippen molar-refractivity contribution in [2.45, 2.75) is 19.3 Å². The van der Waals surface area contributed by atoms with E-state index in [4.69, 9.17) is 4.42 Å². The minimum atomic E-state index is -4.54. The van der Waals surface area contributed by atoms with Crippen LogP contribution in [0.4, 0.5) is 18.9 Å². The van der Waals surface area contributed by atoms with Gasteiger partial charge in [0.1, 0.15) is 0 Å². The Hall–Kier alpha value is -3.55. The lowest BCUT2D eigenvalue weighted by Crippen LogP contribution is -2.46. The van der Waals surface area contributed by atoms with Gasteiger partial charge in [-0.15, -0.1) is 0 Å². The molecule has 1 heterocycles. The molecule has 0 spiro atoms. The van der Waals surface area contributed by atoms with Crippen LogP contribution in [0.1, 0.15) is 32.0 Å². The van der Waals surface area contributed by atoms with Gasteiger partial charge >= 0.3 is 6.18 Å². The third-order valence-electron chi connectivity index (χ3n) is 4.12. The van der Waals surface area contributed by atoms with Crippen LogP contribution in [0.3, 0.4) is 0 Å². The smallest absolute Gasteiger partial charge is 0.416 e. The summed E-state index contributed by atoms with van der Waals surface area (Å²) in [5.41, 5.74) is 0.384. The highest BCUT2D eigenvalue weighted by atomic mass is 19.4. The van der Waals surface area contributed by atoms with E-state index in [2.05, 4.69) is 10.6 Å². The van der Waals surface area contributed by atoms with E-state index in [1.807, 2.05) is 6.92 Å². The van der Waals surface area contributed by atoms with Crippen LogP contribution in [-0.4, -0.2) is 17.9 Å². The number of furan rings is 1. The number of aryl methyl sites for hydroxylation is 1. The summed E-state index contributed by atoms with van der Waals surface area (Å²) in [5.74, 6) is -1.22. The highest BCUT2D eigenvalue weighted by Gasteiger charge is 2.31. The average Bonchev–Trinajstić information content (AvgIpc) is 3.22. The van der Waals surface area contributed by atoms with Crippen molar-refractivity contribution in [3.63, 3.8) is 0 Å². The zero-order chi connectivity index (χ0) is 21.0. The largest absolute Gasteiger partial charge is 0.459 e. The van der Waals surface area contributed by atoms with Crippen LogP contribution in [0.25, 0.3) is 0 Å². The molecule has 0 aliphatic rings. The molecule has 150 valence electrons. The third kappa shape index (κ3) is 5.04. The summed E-state index contributed by atoms with van der Waals surface area (Å²) in [6, 6.07) is 13.9. The second kappa shape index (κ2) is 8.22. The van der Waals surface area contributed by atoms with E-state index in [9.17, 15) is 22.8 Å². The van der Waals surface area contributed by atoms with E-state index >= 15 is 0 Å². The Morgan fingerprint density at radius 2 is 1.72 bits per heavy atom. The number of nitrogens with one attached hydrogen (secondary N) is 2. The second-order valence-electron chi connectivity index (χ2n) is 6.34. The number of anilines is 1. The van der Waals surface area contributed by atoms with Crippen molar-refractivity contribution >= 4 is 17.4 Å². The van der Waals surface area contributed by atoms with E-state index < -0.39 is 29.6 Å². The number of carbonyl (C=O) groups is 2. The second-order valence-corrected chi connectivity index (χ2v) is 6.34. The van der Waals surface area contributed by atoms with Crippen molar-refractivity contribution in [3.05, 3.63) is 89.4 Å². The number of ketones is 1. The number of hydrogen-bond donors (Lipinski definition) is 2. The highest BCUT2D eigenvalue weighted by molar-refractivity contribution is 6.04. The molecule has 0 bridgehead atoms. The summed E-state index contributed by atoms with van der Waals surface area (Å²) < 4.78 is 44.0. The molecule has 0 fully saturated rings. The summed E-state index contributed by atoms with van der Waals surface area (Å²) in [6.07, 6.45) is -4.55. The fraction of sp³-hybridized carbons (Fsp3) is 0.143. The number of halogens is 3. The van der Waals surface area contributed by atoms with Crippen LogP contribution in [-0.2, 0) is 6.18 Å². The summed E-state index contributed by atoms with van der Waals surface area (Å²) in [6.45, 7) is 1.85. The number of amides is 1. The predicted molar refractivity (Wildman–Crippen MR) is 101 cm³/mol. The Kier molecular flexibility index (Phi) is 5.72. The number of carbonyl (C=O) groups excluding carboxylic acids is 2. The third-order valence-corrected chi connectivity index (χ3v) is 4.12. The topological polar surface area (TPSA) is 71.3 Å². The number of rotatable bonds is 6. The Morgan fingerprint density at radius 3 is 2.34 bits per heavy atom. The molecule has 0 saturated heterocycles. The number of alkyl halides is 3. The quantitative estimate of drug-likeness (QED) is 0.465. The van der Waals surface area contributed by atoms with Crippen molar-refractivity contribution in [1.29, 1.82) is 0 Å². The molecule has 5 nitrogen and oxygen atoms in total. The minimum absolute atomic E-state index is 0.0300.